The number of nitrogens with zero attached hydrogens (tertiary/aromatic N) is 2. The second kappa shape index (κ2) is 10.9. The minimum Gasteiger partial charge on any atom is -0.352 e. The number of rotatable bonds is 7. The first-order valence-corrected chi connectivity index (χ1v) is 13.5. The van der Waals surface area contributed by atoms with Gasteiger partial charge in [0.15, 0.2) is 0 Å². The van der Waals surface area contributed by atoms with E-state index in [-0.39, 0.29) is 17.9 Å². The molecule has 0 radical (unpaired) electrons. The molecule has 4 atom stereocenters. The Hall–Kier alpha value is -2.66. The van der Waals surface area contributed by atoms with Crippen LogP contribution in [0.4, 0.5) is 0 Å². The van der Waals surface area contributed by atoms with Crippen LogP contribution in [0.25, 0.3) is 0 Å². The molecule has 5 nitrogen and oxygen atoms in total. The van der Waals surface area contributed by atoms with Gasteiger partial charge in [-0.1, -0.05) is 42.5 Å². The van der Waals surface area contributed by atoms with E-state index in [2.05, 4.69) is 34.2 Å². The van der Waals surface area contributed by atoms with Crippen molar-refractivity contribution in [2.24, 2.45) is 11.8 Å². The zero-order valence-electron chi connectivity index (χ0n) is 21.0. The topological polar surface area (TPSA) is 52.7 Å². The summed E-state index contributed by atoms with van der Waals surface area (Å²) in [7, 11) is 0. The Morgan fingerprint density at radius 1 is 0.971 bits per heavy atom. The van der Waals surface area contributed by atoms with Crippen molar-refractivity contribution < 1.29 is 9.59 Å². The van der Waals surface area contributed by atoms with Gasteiger partial charge < -0.3 is 10.2 Å². The van der Waals surface area contributed by atoms with Crippen LogP contribution in [-0.4, -0.2) is 53.3 Å². The van der Waals surface area contributed by atoms with E-state index in [1.807, 2.05) is 42.5 Å². The molecule has 2 aromatic rings. The van der Waals surface area contributed by atoms with Crippen molar-refractivity contribution >= 4 is 11.8 Å². The van der Waals surface area contributed by atoms with Gasteiger partial charge in [0.2, 0.25) is 5.91 Å². The number of piperidine rings is 3. The summed E-state index contributed by atoms with van der Waals surface area (Å²) in [6.07, 6.45) is 7.11. The number of amides is 2. The minimum absolute atomic E-state index is 0.103. The van der Waals surface area contributed by atoms with E-state index < -0.39 is 0 Å². The SMILES string of the molecule is Cc1ccccc1CNC(=O)CCC[C@@H]1[C@H]2CCCN3CCC[C@@H](CN1C(=O)c1ccccc1)[C@@H]23. The molecule has 0 aromatic heterocycles. The average molecular weight is 474 g/mol. The minimum atomic E-state index is 0.103. The quantitative estimate of drug-likeness (QED) is 0.629. The normalized spacial score (nSPS) is 26.1. The van der Waals surface area contributed by atoms with Crippen molar-refractivity contribution in [2.45, 2.75) is 70.5 Å². The number of benzene rings is 2. The number of nitrogens with one attached hydrogen (secondary N) is 1. The van der Waals surface area contributed by atoms with E-state index in [0.717, 1.165) is 24.9 Å². The maximum Gasteiger partial charge on any atom is 0.254 e. The standard InChI is InChI=1S/C30H39N3O2/c1-22-10-5-6-13-24(22)20-31-28(34)17-7-16-27-26-15-9-19-32-18-8-14-25(29(26)32)21-33(27)30(35)23-11-3-2-4-12-23/h2-6,10-13,25-27,29H,7-9,14-21H2,1H3,(H,31,34)/t25-,26+,27+,29-/m0/s1. The molecule has 3 fully saturated rings. The van der Waals surface area contributed by atoms with E-state index in [0.29, 0.717) is 30.8 Å². The Morgan fingerprint density at radius 2 is 1.71 bits per heavy atom. The van der Waals surface area contributed by atoms with E-state index in [1.54, 1.807) is 0 Å². The van der Waals surface area contributed by atoms with Gasteiger partial charge in [-0.3, -0.25) is 14.5 Å². The molecule has 35 heavy (non-hydrogen) atoms. The Balaban J connectivity index is 1.26. The summed E-state index contributed by atoms with van der Waals surface area (Å²) >= 11 is 0. The lowest BCUT2D eigenvalue weighted by molar-refractivity contribution is -0.121. The highest BCUT2D eigenvalue weighted by Gasteiger charge is 2.49. The van der Waals surface area contributed by atoms with Crippen molar-refractivity contribution in [1.29, 1.82) is 0 Å². The van der Waals surface area contributed by atoms with Crippen molar-refractivity contribution in [3.63, 3.8) is 0 Å². The van der Waals surface area contributed by atoms with Gasteiger partial charge >= 0.3 is 0 Å². The first-order chi connectivity index (χ1) is 17.1. The number of carbonyl (C=O) groups excluding carboxylic acids is 2. The molecule has 3 aliphatic heterocycles. The van der Waals surface area contributed by atoms with Crippen molar-refractivity contribution in [2.75, 3.05) is 19.6 Å². The molecule has 5 rings (SSSR count). The molecule has 3 heterocycles. The Morgan fingerprint density at radius 3 is 2.51 bits per heavy atom. The van der Waals surface area contributed by atoms with Gasteiger partial charge in [-0.25, -0.2) is 0 Å². The molecule has 0 unspecified atom stereocenters. The largest absolute Gasteiger partial charge is 0.352 e. The number of hydrogen-bond acceptors (Lipinski definition) is 3. The first-order valence-electron chi connectivity index (χ1n) is 13.5. The summed E-state index contributed by atoms with van der Waals surface area (Å²) in [6.45, 7) is 5.93. The van der Waals surface area contributed by atoms with Crippen LogP contribution in [0.15, 0.2) is 54.6 Å². The molecule has 186 valence electrons. The summed E-state index contributed by atoms with van der Waals surface area (Å²) in [4.78, 5) is 31.2. The molecule has 5 heteroatoms. The summed E-state index contributed by atoms with van der Waals surface area (Å²) in [5, 5.41) is 3.10. The molecule has 0 bridgehead atoms. The van der Waals surface area contributed by atoms with E-state index >= 15 is 0 Å². The van der Waals surface area contributed by atoms with Gasteiger partial charge in [0.1, 0.15) is 0 Å². The number of hydrogen-bond donors (Lipinski definition) is 1. The van der Waals surface area contributed by atoms with Crippen LogP contribution in [0.5, 0.6) is 0 Å². The lowest BCUT2D eigenvalue weighted by Crippen LogP contribution is -2.65. The summed E-state index contributed by atoms with van der Waals surface area (Å²) < 4.78 is 0. The van der Waals surface area contributed by atoms with Gasteiger partial charge in [0.05, 0.1) is 0 Å². The summed E-state index contributed by atoms with van der Waals surface area (Å²) in [5.74, 6) is 1.37. The maximum absolute atomic E-state index is 13.7. The Bertz CT molecular complexity index is 1020. The fraction of sp³-hybridized carbons (Fsp3) is 0.533. The lowest BCUT2D eigenvalue weighted by Gasteiger charge is -2.57. The van der Waals surface area contributed by atoms with Crippen molar-refractivity contribution in [1.82, 2.24) is 15.1 Å². The van der Waals surface area contributed by atoms with Crippen LogP contribution in [-0.2, 0) is 11.3 Å². The molecular weight excluding hydrogens is 434 g/mol. The lowest BCUT2D eigenvalue weighted by atomic mass is 9.69. The highest BCUT2D eigenvalue weighted by molar-refractivity contribution is 5.94. The van der Waals surface area contributed by atoms with Crippen molar-refractivity contribution in [3.8, 4) is 0 Å². The van der Waals surface area contributed by atoms with Crippen LogP contribution in [0.1, 0.15) is 66.4 Å². The first kappa shape index (κ1) is 24.1. The molecule has 2 aromatic carbocycles. The number of aryl methyl sites for hydroxylation is 1. The molecular formula is C30H39N3O2. The maximum atomic E-state index is 13.7. The van der Waals surface area contributed by atoms with Gasteiger partial charge in [0.25, 0.3) is 5.91 Å². The molecule has 0 saturated carbocycles. The van der Waals surface area contributed by atoms with Crippen LogP contribution >= 0.6 is 0 Å². The van der Waals surface area contributed by atoms with Crippen LogP contribution < -0.4 is 5.32 Å². The molecule has 2 amide bonds. The number of carbonyl (C=O) groups is 2. The zero-order chi connectivity index (χ0) is 24.2. The summed E-state index contributed by atoms with van der Waals surface area (Å²) in [6, 6.07) is 18.8. The van der Waals surface area contributed by atoms with Gasteiger partial charge in [0, 0.05) is 37.2 Å². The molecule has 3 aliphatic rings. The fourth-order valence-corrected chi connectivity index (χ4v) is 6.91. The van der Waals surface area contributed by atoms with Gasteiger partial charge in [-0.2, -0.15) is 0 Å². The summed E-state index contributed by atoms with van der Waals surface area (Å²) in [5.41, 5.74) is 3.16. The Kier molecular flexibility index (Phi) is 7.52. The highest BCUT2D eigenvalue weighted by atomic mass is 16.2. The van der Waals surface area contributed by atoms with E-state index in [9.17, 15) is 9.59 Å². The molecule has 0 aliphatic carbocycles. The Labute approximate surface area is 209 Å². The highest BCUT2D eigenvalue weighted by Crippen LogP contribution is 2.43. The van der Waals surface area contributed by atoms with Crippen LogP contribution in [0, 0.1) is 18.8 Å². The third kappa shape index (κ3) is 5.30. The third-order valence-corrected chi connectivity index (χ3v) is 8.59. The second-order valence-electron chi connectivity index (χ2n) is 10.7. The molecule has 3 saturated heterocycles. The van der Waals surface area contributed by atoms with Crippen LogP contribution in [0.3, 0.4) is 0 Å². The monoisotopic (exact) mass is 473 g/mol. The molecule has 1 N–H and O–H groups in total. The molecule has 0 spiro atoms. The predicted octanol–water partition coefficient (Wildman–Crippen LogP) is 4.80. The predicted molar refractivity (Wildman–Crippen MR) is 139 cm³/mol. The smallest absolute Gasteiger partial charge is 0.254 e. The van der Waals surface area contributed by atoms with Crippen molar-refractivity contribution in [3.05, 3.63) is 71.3 Å². The number of likely N-dealkylation sites (tertiary alicyclic amines) is 1. The van der Waals surface area contributed by atoms with Crippen LogP contribution in [0.2, 0.25) is 0 Å². The van der Waals surface area contributed by atoms with E-state index in [1.165, 1.54) is 49.9 Å². The van der Waals surface area contributed by atoms with Gasteiger partial charge in [-0.05, 0) is 93.6 Å². The third-order valence-electron chi connectivity index (χ3n) is 8.59. The second-order valence-corrected chi connectivity index (χ2v) is 10.7. The van der Waals surface area contributed by atoms with Gasteiger partial charge in [-0.15, -0.1) is 0 Å². The zero-order valence-corrected chi connectivity index (χ0v) is 21.0. The fourth-order valence-electron chi connectivity index (χ4n) is 6.91. The van der Waals surface area contributed by atoms with E-state index in [4.69, 9.17) is 0 Å². The average Bonchev–Trinajstić information content (AvgIpc) is 2.89.